The van der Waals surface area contributed by atoms with Gasteiger partial charge in [-0.2, -0.15) is 0 Å². The Labute approximate surface area is 128 Å². The van der Waals surface area contributed by atoms with Crippen molar-refractivity contribution in [3.8, 4) is 0 Å². The Morgan fingerprint density at radius 1 is 1.14 bits per heavy atom. The fourth-order valence-electron chi connectivity index (χ4n) is 2.87. The first-order valence-electron chi connectivity index (χ1n) is 8.26. The molecule has 116 valence electrons. The number of hydrogen-bond donors (Lipinski definition) is 0. The third-order valence-corrected chi connectivity index (χ3v) is 3.96. The molecule has 1 aliphatic heterocycles. The first kappa shape index (κ1) is 15.8. The third kappa shape index (κ3) is 4.19. The summed E-state index contributed by atoms with van der Waals surface area (Å²) in [5, 5.41) is 0. The van der Waals surface area contributed by atoms with Crippen molar-refractivity contribution in [3.63, 3.8) is 0 Å². The van der Waals surface area contributed by atoms with Gasteiger partial charge in [0.25, 0.3) is 5.91 Å². The van der Waals surface area contributed by atoms with Crippen LogP contribution < -0.4 is 4.90 Å². The van der Waals surface area contributed by atoms with E-state index in [-0.39, 0.29) is 5.91 Å². The molecule has 0 unspecified atom stereocenters. The van der Waals surface area contributed by atoms with Gasteiger partial charge in [-0.25, -0.2) is 4.98 Å². The van der Waals surface area contributed by atoms with E-state index in [1.807, 2.05) is 23.2 Å². The van der Waals surface area contributed by atoms with Crippen LogP contribution in [-0.2, 0) is 0 Å². The van der Waals surface area contributed by atoms with Crippen LogP contribution in [0.3, 0.4) is 0 Å². The molecular formula is C17H27N3O. The van der Waals surface area contributed by atoms with Crippen LogP contribution in [0.15, 0.2) is 18.3 Å². The van der Waals surface area contributed by atoms with Crippen LogP contribution in [0.4, 0.5) is 5.69 Å². The lowest BCUT2D eigenvalue weighted by molar-refractivity contribution is 0.0749. The number of amides is 1. The fraction of sp³-hybridized carbons (Fsp3) is 0.647. The summed E-state index contributed by atoms with van der Waals surface area (Å²) in [6.45, 7) is 8.02. The lowest BCUT2D eigenvalue weighted by atomic mass is 10.1. The summed E-state index contributed by atoms with van der Waals surface area (Å²) in [5.41, 5.74) is 1.71. The van der Waals surface area contributed by atoms with Gasteiger partial charge >= 0.3 is 0 Å². The van der Waals surface area contributed by atoms with Gasteiger partial charge in [0.05, 0.1) is 11.9 Å². The molecule has 2 heterocycles. The van der Waals surface area contributed by atoms with Gasteiger partial charge in [-0.15, -0.1) is 0 Å². The fourth-order valence-corrected chi connectivity index (χ4v) is 2.87. The molecule has 1 amide bonds. The Balaban J connectivity index is 2.04. The van der Waals surface area contributed by atoms with Crippen molar-refractivity contribution in [2.45, 2.75) is 46.0 Å². The largest absolute Gasteiger partial charge is 0.370 e. The number of carbonyl (C=O) groups is 1. The average molecular weight is 289 g/mol. The second kappa shape index (κ2) is 8.01. The maximum absolute atomic E-state index is 12.5. The van der Waals surface area contributed by atoms with Crippen molar-refractivity contribution in [2.24, 2.45) is 0 Å². The third-order valence-electron chi connectivity index (χ3n) is 3.96. The Bertz CT molecular complexity index is 432. The number of aromatic nitrogens is 1. The van der Waals surface area contributed by atoms with Crippen molar-refractivity contribution in [1.29, 1.82) is 0 Å². The van der Waals surface area contributed by atoms with Crippen molar-refractivity contribution in [1.82, 2.24) is 9.88 Å². The second-order valence-corrected chi connectivity index (χ2v) is 5.74. The number of carbonyl (C=O) groups excluding carboxylic acids is 1. The number of piperidine rings is 1. The Morgan fingerprint density at radius 2 is 1.81 bits per heavy atom. The summed E-state index contributed by atoms with van der Waals surface area (Å²) in [7, 11) is 0. The van der Waals surface area contributed by atoms with Gasteiger partial charge in [0, 0.05) is 26.2 Å². The number of rotatable bonds is 6. The highest BCUT2D eigenvalue weighted by Gasteiger charge is 2.17. The molecular weight excluding hydrogens is 262 g/mol. The first-order valence-corrected chi connectivity index (χ1v) is 8.26. The summed E-state index contributed by atoms with van der Waals surface area (Å²) in [5.74, 6) is 0.0592. The van der Waals surface area contributed by atoms with Gasteiger partial charge in [0.15, 0.2) is 0 Å². The van der Waals surface area contributed by atoms with Crippen LogP contribution in [-0.4, -0.2) is 42.0 Å². The topological polar surface area (TPSA) is 36.4 Å². The van der Waals surface area contributed by atoms with E-state index in [2.05, 4.69) is 23.7 Å². The molecule has 1 aromatic heterocycles. The predicted octanol–water partition coefficient (Wildman–Crippen LogP) is 3.33. The number of pyridine rings is 1. The average Bonchev–Trinajstić information content (AvgIpc) is 2.55. The van der Waals surface area contributed by atoms with E-state index >= 15 is 0 Å². The zero-order chi connectivity index (χ0) is 15.1. The van der Waals surface area contributed by atoms with Gasteiger partial charge in [-0.1, -0.05) is 13.8 Å². The summed E-state index contributed by atoms with van der Waals surface area (Å²) in [6, 6.07) is 3.92. The molecule has 0 bridgehead atoms. The quantitative estimate of drug-likeness (QED) is 0.806. The molecule has 2 rings (SSSR count). The smallest absolute Gasteiger partial charge is 0.272 e. The molecule has 0 aromatic carbocycles. The van der Waals surface area contributed by atoms with Gasteiger partial charge < -0.3 is 9.80 Å². The van der Waals surface area contributed by atoms with Gasteiger partial charge in [0.1, 0.15) is 5.69 Å². The van der Waals surface area contributed by atoms with E-state index in [1.54, 1.807) is 0 Å². The molecule has 1 aromatic rings. The number of hydrogen-bond acceptors (Lipinski definition) is 3. The van der Waals surface area contributed by atoms with E-state index in [4.69, 9.17) is 0 Å². The molecule has 0 atom stereocenters. The van der Waals surface area contributed by atoms with Crippen LogP contribution in [0, 0.1) is 0 Å². The Kier molecular flexibility index (Phi) is 6.03. The number of nitrogens with zero attached hydrogens (tertiary/aromatic N) is 3. The molecule has 0 aliphatic carbocycles. The second-order valence-electron chi connectivity index (χ2n) is 5.74. The van der Waals surface area contributed by atoms with E-state index in [0.29, 0.717) is 5.69 Å². The molecule has 1 fully saturated rings. The van der Waals surface area contributed by atoms with Crippen molar-refractivity contribution in [3.05, 3.63) is 24.0 Å². The van der Waals surface area contributed by atoms with Crippen molar-refractivity contribution in [2.75, 3.05) is 31.1 Å². The predicted molar refractivity (Wildman–Crippen MR) is 86.8 cm³/mol. The van der Waals surface area contributed by atoms with E-state index in [9.17, 15) is 4.79 Å². The molecule has 0 spiro atoms. The molecule has 0 radical (unpaired) electrons. The maximum Gasteiger partial charge on any atom is 0.272 e. The summed E-state index contributed by atoms with van der Waals surface area (Å²) in [4.78, 5) is 21.1. The van der Waals surface area contributed by atoms with Gasteiger partial charge in [0.2, 0.25) is 0 Å². The highest BCUT2D eigenvalue weighted by molar-refractivity contribution is 5.92. The molecule has 1 aliphatic rings. The maximum atomic E-state index is 12.5. The standard InChI is InChI=1S/C17H27N3O/c1-3-10-20(11-4-2)17(21)16-9-8-15(14-18-16)19-12-6-5-7-13-19/h8-9,14H,3-7,10-13H2,1-2H3. The van der Waals surface area contributed by atoms with Crippen LogP contribution in [0.5, 0.6) is 0 Å². The molecule has 1 saturated heterocycles. The van der Waals surface area contributed by atoms with Crippen LogP contribution in [0.25, 0.3) is 0 Å². The zero-order valence-corrected chi connectivity index (χ0v) is 13.3. The zero-order valence-electron chi connectivity index (χ0n) is 13.3. The number of anilines is 1. The Morgan fingerprint density at radius 3 is 2.33 bits per heavy atom. The molecule has 4 nitrogen and oxygen atoms in total. The van der Waals surface area contributed by atoms with Crippen LogP contribution in [0.2, 0.25) is 0 Å². The lowest BCUT2D eigenvalue weighted by Gasteiger charge is -2.28. The molecule has 21 heavy (non-hydrogen) atoms. The normalized spacial score (nSPS) is 15.0. The van der Waals surface area contributed by atoms with E-state index in [0.717, 1.165) is 44.7 Å². The van der Waals surface area contributed by atoms with E-state index < -0.39 is 0 Å². The highest BCUT2D eigenvalue weighted by Crippen LogP contribution is 2.19. The van der Waals surface area contributed by atoms with E-state index in [1.165, 1.54) is 19.3 Å². The Hall–Kier alpha value is -1.58. The first-order chi connectivity index (χ1) is 10.3. The SMILES string of the molecule is CCCN(CCC)C(=O)c1ccc(N2CCCCC2)cn1. The van der Waals surface area contributed by atoms with Crippen molar-refractivity contribution < 1.29 is 4.79 Å². The van der Waals surface area contributed by atoms with Crippen molar-refractivity contribution >= 4 is 11.6 Å². The van der Waals surface area contributed by atoms with Gasteiger partial charge in [-0.05, 0) is 44.2 Å². The summed E-state index contributed by atoms with van der Waals surface area (Å²) < 4.78 is 0. The van der Waals surface area contributed by atoms with Crippen LogP contribution in [0.1, 0.15) is 56.4 Å². The highest BCUT2D eigenvalue weighted by atomic mass is 16.2. The molecule has 0 saturated carbocycles. The monoisotopic (exact) mass is 289 g/mol. The minimum absolute atomic E-state index is 0.0592. The molecule has 4 heteroatoms. The summed E-state index contributed by atoms with van der Waals surface area (Å²) >= 11 is 0. The lowest BCUT2D eigenvalue weighted by Crippen LogP contribution is -2.33. The minimum Gasteiger partial charge on any atom is -0.370 e. The molecule has 0 N–H and O–H groups in total. The summed E-state index contributed by atoms with van der Waals surface area (Å²) in [6.07, 6.45) is 7.65. The van der Waals surface area contributed by atoms with Gasteiger partial charge in [-0.3, -0.25) is 4.79 Å². The van der Waals surface area contributed by atoms with Crippen LogP contribution >= 0.6 is 0 Å². The minimum atomic E-state index is 0.0592.